The molecule has 2 aromatic rings. The second-order valence-corrected chi connectivity index (χ2v) is 5.31. The molecule has 1 aliphatic heterocycles. The van der Waals surface area contributed by atoms with Crippen molar-refractivity contribution in [3.05, 3.63) is 52.3 Å². The third-order valence-electron chi connectivity index (χ3n) is 3.76. The molecule has 0 radical (unpaired) electrons. The molecule has 23 heavy (non-hydrogen) atoms. The van der Waals surface area contributed by atoms with Crippen LogP contribution in [0, 0.1) is 10.1 Å². The molecule has 0 spiro atoms. The number of hydrogen-bond acceptors (Lipinski definition) is 5. The van der Waals surface area contributed by atoms with Crippen LogP contribution in [0.3, 0.4) is 0 Å². The summed E-state index contributed by atoms with van der Waals surface area (Å²) in [6, 6.07) is 5.75. The predicted octanol–water partition coefficient (Wildman–Crippen LogP) is 2.40. The number of nitrogens with zero attached hydrogens (tertiary/aromatic N) is 3. The molecule has 3 rings (SSSR count). The Balaban J connectivity index is 1.65. The zero-order valence-electron chi connectivity index (χ0n) is 12.3. The Kier molecular flexibility index (Phi) is 4.33. The fraction of sp³-hybridized carbons (Fsp3) is 0.333. The van der Waals surface area contributed by atoms with Gasteiger partial charge in [-0.15, -0.1) is 0 Å². The predicted molar refractivity (Wildman–Crippen MR) is 82.4 cm³/mol. The maximum atomic E-state index is 12.1. The van der Waals surface area contributed by atoms with Gasteiger partial charge >= 0.3 is 0 Å². The van der Waals surface area contributed by atoms with E-state index in [0.29, 0.717) is 11.3 Å². The number of benzene rings is 1. The summed E-state index contributed by atoms with van der Waals surface area (Å²) in [6.07, 6.45) is 5.19. The Morgan fingerprint density at radius 1 is 1.30 bits per heavy atom. The number of nitrogens with one attached hydrogen (secondary N) is 1. The smallest absolute Gasteiger partial charge is 0.269 e. The van der Waals surface area contributed by atoms with Crippen LogP contribution in [-0.2, 0) is 4.74 Å². The lowest BCUT2D eigenvalue weighted by Crippen LogP contribution is -2.19. The highest BCUT2D eigenvalue weighted by Gasteiger charge is 2.17. The van der Waals surface area contributed by atoms with Crippen LogP contribution >= 0.6 is 0 Å². The summed E-state index contributed by atoms with van der Waals surface area (Å²) in [5, 5.41) is 17.6. The molecule has 0 saturated carbocycles. The molecular weight excluding hydrogens is 300 g/mol. The van der Waals surface area contributed by atoms with Gasteiger partial charge < -0.3 is 10.1 Å². The van der Waals surface area contributed by atoms with Crippen LogP contribution in [0.4, 0.5) is 11.4 Å². The van der Waals surface area contributed by atoms with Crippen molar-refractivity contribution in [2.75, 3.05) is 18.5 Å². The minimum Gasteiger partial charge on any atom is -0.381 e. The van der Waals surface area contributed by atoms with E-state index >= 15 is 0 Å². The fourth-order valence-electron chi connectivity index (χ4n) is 2.49. The van der Waals surface area contributed by atoms with Crippen LogP contribution in [0.1, 0.15) is 29.2 Å². The number of carbonyl (C=O) groups is 1. The number of amides is 1. The molecule has 0 bridgehead atoms. The normalized spacial score (nSPS) is 15.3. The van der Waals surface area contributed by atoms with Crippen LogP contribution in [0.2, 0.25) is 0 Å². The van der Waals surface area contributed by atoms with Crippen molar-refractivity contribution >= 4 is 17.3 Å². The van der Waals surface area contributed by atoms with E-state index in [0.717, 1.165) is 26.1 Å². The van der Waals surface area contributed by atoms with Crippen molar-refractivity contribution in [2.45, 2.75) is 18.9 Å². The fourth-order valence-corrected chi connectivity index (χ4v) is 2.49. The number of aromatic nitrogens is 2. The summed E-state index contributed by atoms with van der Waals surface area (Å²) in [7, 11) is 0. The average molecular weight is 316 g/mol. The number of nitro groups is 1. The lowest BCUT2D eigenvalue weighted by Gasteiger charge is -2.22. The van der Waals surface area contributed by atoms with Gasteiger partial charge in [-0.25, -0.2) is 0 Å². The van der Waals surface area contributed by atoms with Gasteiger partial charge in [0.25, 0.3) is 11.6 Å². The molecular formula is C15H16N4O4. The molecule has 2 heterocycles. The van der Waals surface area contributed by atoms with Gasteiger partial charge in [0.2, 0.25) is 0 Å². The number of rotatable bonds is 4. The molecule has 0 atom stereocenters. The van der Waals surface area contributed by atoms with Gasteiger partial charge in [0.1, 0.15) is 0 Å². The molecule has 1 amide bonds. The monoisotopic (exact) mass is 316 g/mol. The molecule has 1 aromatic carbocycles. The molecule has 1 fully saturated rings. The van der Waals surface area contributed by atoms with Crippen LogP contribution in [-0.4, -0.2) is 33.8 Å². The average Bonchev–Trinajstić information content (AvgIpc) is 3.04. The zero-order chi connectivity index (χ0) is 16.2. The SMILES string of the molecule is O=C(Nc1cnn(C2CCOCC2)c1)c1ccc([N+](=O)[O-])cc1. The zero-order valence-corrected chi connectivity index (χ0v) is 12.3. The Morgan fingerprint density at radius 3 is 2.65 bits per heavy atom. The van der Waals surface area contributed by atoms with Crippen molar-refractivity contribution in [3.63, 3.8) is 0 Å². The van der Waals surface area contributed by atoms with Crippen LogP contribution in [0.5, 0.6) is 0 Å². The maximum Gasteiger partial charge on any atom is 0.269 e. The van der Waals surface area contributed by atoms with Gasteiger partial charge in [-0.05, 0) is 25.0 Å². The van der Waals surface area contributed by atoms with E-state index in [1.807, 2.05) is 4.68 Å². The lowest BCUT2D eigenvalue weighted by atomic mass is 10.1. The quantitative estimate of drug-likeness (QED) is 0.689. The topological polar surface area (TPSA) is 99.3 Å². The summed E-state index contributed by atoms with van der Waals surface area (Å²) in [4.78, 5) is 22.3. The number of carbonyl (C=O) groups excluding carboxylic acids is 1. The lowest BCUT2D eigenvalue weighted by molar-refractivity contribution is -0.384. The highest BCUT2D eigenvalue weighted by atomic mass is 16.6. The second kappa shape index (κ2) is 6.57. The summed E-state index contributed by atoms with van der Waals surface area (Å²) in [6.45, 7) is 1.43. The van der Waals surface area contributed by atoms with Gasteiger partial charge in [0.05, 0.1) is 22.8 Å². The number of ether oxygens (including phenoxy) is 1. The number of non-ortho nitro benzene ring substituents is 1. The van der Waals surface area contributed by atoms with Gasteiger partial charge in [0.15, 0.2) is 0 Å². The van der Waals surface area contributed by atoms with Crippen molar-refractivity contribution in [3.8, 4) is 0 Å². The first-order valence-corrected chi connectivity index (χ1v) is 7.31. The molecule has 0 unspecified atom stereocenters. The minimum absolute atomic E-state index is 0.0473. The van der Waals surface area contributed by atoms with E-state index in [-0.39, 0.29) is 17.6 Å². The Morgan fingerprint density at radius 2 is 2.00 bits per heavy atom. The van der Waals surface area contributed by atoms with Crippen LogP contribution in [0.25, 0.3) is 0 Å². The van der Waals surface area contributed by atoms with E-state index in [2.05, 4.69) is 10.4 Å². The van der Waals surface area contributed by atoms with Crippen LogP contribution in [0.15, 0.2) is 36.7 Å². The minimum atomic E-state index is -0.500. The molecule has 120 valence electrons. The molecule has 8 nitrogen and oxygen atoms in total. The molecule has 8 heteroatoms. The summed E-state index contributed by atoms with van der Waals surface area (Å²) in [5.41, 5.74) is 0.906. The van der Waals surface area contributed by atoms with Gasteiger partial charge in [-0.2, -0.15) is 5.10 Å². The van der Waals surface area contributed by atoms with Gasteiger partial charge in [-0.3, -0.25) is 19.6 Å². The molecule has 1 aromatic heterocycles. The third kappa shape index (κ3) is 3.54. The first-order chi connectivity index (χ1) is 11.1. The van der Waals surface area contributed by atoms with Crippen molar-refractivity contribution in [2.24, 2.45) is 0 Å². The second-order valence-electron chi connectivity index (χ2n) is 5.31. The van der Waals surface area contributed by atoms with Crippen molar-refractivity contribution in [1.82, 2.24) is 9.78 Å². The van der Waals surface area contributed by atoms with Crippen molar-refractivity contribution in [1.29, 1.82) is 0 Å². The maximum absolute atomic E-state index is 12.1. The number of anilines is 1. The van der Waals surface area contributed by atoms with Crippen molar-refractivity contribution < 1.29 is 14.5 Å². The number of hydrogen-bond donors (Lipinski definition) is 1. The molecule has 0 aliphatic carbocycles. The first-order valence-electron chi connectivity index (χ1n) is 7.31. The van der Waals surface area contributed by atoms with Gasteiger partial charge in [0, 0.05) is 37.1 Å². The Hall–Kier alpha value is -2.74. The standard InChI is InChI=1S/C15H16N4O4/c20-15(11-1-3-14(4-2-11)19(21)22)17-12-9-16-18(10-12)13-5-7-23-8-6-13/h1-4,9-10,13H,5-8H2,(H,17,20). The summed E-state index contributed by atoms with van der Waals surface area (Å²) in [5.74, 6) is -0.327. The highest BCUT2D eigenvalue weighted by molar-refractivity contribution is 6.04. The Labute approximate surface area is 132 Å². The molecule has 1 aliphatic rings. The summed E-state index contributed by atoms with van der Waals surface area (Å²) >= 11 is 0. The van der Waals surface area contributed by atoms with E-state index in [4.69, 9.17) is 4.74 Å². The first kappa shape index (κ1) is 15.2. The third-order valence-corrected chi connectivity index (χ3v) is 3.76. The van der Waals surface area contributed by atoms with E-state index in [9.17, 15) is 14.9 Å². The Bertz CT molecular complexity index is 705. The van der Waals surface area contributed by atoms with E-state index < -0.39 is 4.92 Å². The van der Waals surface area contributed by atoms with E-state index in [1.54, 1.807) is 12.4 Å². The summed E-state index contributed by atoms with van der Waals surface area (Å²) < 4.78 is 7.16. The van der Waals surface area contributed by atoms with E-state index in [1.165, 1.54) is 24.3 Å². The van der Waals surface area contributed by atoms with Crippen LogP contribution < -0.4 is 5.32 Å². The molecule has 1 N–H and O–H groups in total. The largest absolute Gasteiger partial charge is 0.381 e. The number of nitro benzene ring substituents is 1. The highest BCUT2D eigenvalue weighted by Crippen LogP contribution is 2.21. The molecule has 1 saturated heterocycles. The van der Waals surface area contributed by atoms with Gasteiger partial charge in [-0.1, -0.05) is 0 Å².